The van der Waals surface area contributed by atoms with E-state index >= 15 is 0 Å². The monoisotopic (exact) mass is 362 g/mol. The van der Waals surface area contributed by atoms with Gasteiger partial charge in [-0.2, -0.15) is 0 Å². The van der Waals surface area contributed by atoms with E-state index in [0.717, 1.165) is 15.0 Å². The number of aromatic nitrogens is 2. The molecule has 2 N–H and O–H groups in total. The van der Waals surface area contributed by atoms with Gasteiger partial charge >= 0.3 is 0 Å². The van der Waals surface area contributed by atoms with Crippen LogP contribution in [0.5, 0.6) is 0 Å². The van der Waals surface area contributed by atoms with Crippen LogP contribution in [0.3, 0.4) is 0 Å². The number of rotatable bonds is 7. The van der Waals surface area contributed by atoms with E-state index in [1.807, 2.05) is 6.92 Å². The quantitative estimate of drug-likeness (QED) is 0.735. The number of hydrogen-bond donors (Lipinski definition) is 2. The first-order chi connectivity index (χ1) is 11.5. The van der Waals surface area contributed by atoms with Gasteiger partial charge in [0.25, 0.3) is 0 Å². The van der Waals surface area contributed by atoms with Crippen molar-refractivity contribution in [2.45, 2.75) is 50.0 Å². The minimum atomic E-state index is -0.00101. The molecule has 128 valence electrons. The fraction of sp³-hybridized carbons (Fsp3) is 0.471. The maximum absolute atomic E-state index is 12.2. The number of thioether (sulfide) groups is 1. The molecule has 1 saturated carbocycles. The number of nitrogens with zero attached hydrogens (tertiary/aromatic N) is 2. The van der Waals surface area contributed by atoms with E-state index in [1.165, 1.54) is 47.1 Å². The van der Waals surface area contributed by atoms with Crippen LogP contribution in [0.2, 0.25) is 0 Å². The van der Waals surface area contributed by atoms with Crippen molar-refractivity contribution >= 4 is 34.1 Å². The van der Waals surface area contributed by atoms with Crippen LogP contribution in [-0.2, 0) is 4.79 Å². The second kappa shape index (κ2) is 7.53. The van der Waals surface area contributed by atoms with Gasteiger partial charge in [0.2, 0.25) is 11.0 Å². The van der Waals surface area contributed by atoms with Crippen LogP contribution < -0.4 is 10.6 Å². The fourth-order valence-electron chi connectivity index (χ4n) is 2.26. The van der Waals surface area contributed by atoms with Crippen molar-refractivity contribution < 1.29 is 4.79 Å². The molecule has 0 radical (unpaired) electrons. The van der Waals surface area contributed by atoms with Gasteiger partial charge in [-0.15, -0.1) is 10.2 Å². The lowest BCUT2D eigenvalue weighted by Crippen LogP contribution is -2.28. The number of carbonyl (C=O) groups is 1. The van der Waals surface area contributed by atoms with Crippen LogP contribution >= 0.6 is 23.1 Å². The average molecular weight is 363 g/mol. The van der Waals surface area contributed by atoms with E-state index < -0.39 is 0 Å². The molecular weight excluding hydrogens is 340 g/mol. The van der Waals surface area contributed by atoms with Gasteiger partial charge in [-0.25, -0.2) is 0 Å². The second-order valence-corrected chi connectivity index (χ2v) is 8.41. The molecule has 1 aliphatic carbocycles. The summed E-state index contributed by atoms with van der Waals surface area (Å²) in [5, 5.41) is 15.4. The Morgan fingerprint density at radius 2 is 2.12 bits per heavy atom. The highest BCUT2D eigenvalue weighted by Gasteiger charge is 2.22. The zero-order chi connectivity index (χ0) is 17.1. The normalized spacial score (nSPS) is 15.1. The predicted octanol–water partition coefficient (Wildman–Crippen LogP) is 3.70. The smallest absolute Gasteiger partial charge is 0.230 e. The van der Waals surface area contributed by atoms with Gasteiger partial charge in [0.1, 0.15) is 0 Å². The number of hydrogen-bond acceptors (Lipinski definition) is 6. The summed E-state index contributed by atoms with van der Waals surface area (Å²) >= 11 is 2.94. The van der Waals surface area contributed by atoms with Crippen molar-refractivity contribution in [3.8, 4) is 0 Å². The molecule has 3 rings (SSSR count). The Kier molecular flexibility index (Phi) is 5.40. The summed E-state index contributed by atoms with van der Waals surface area (Å²) in [5.74, 6) is 0.366. The Balaban J connectivity index is 1.47. The molecule has 0 aliphatic heterocycles. The Bertz CT molecular complexity index is 727. The maximum atomic E-state index is 12.2. The first-order valence-electron chi connectivity index (χ1n) is 8.10. The fourth-order valence-corrected chi connectivity index (χ4v) is 3.90. The molecule has 1 unspecified atom stereocenters. The van der Waals surface area contributed by atoms with E-state index in [1.54, 1.807) is 0 Å². The minimum absolute atomic E-state index is 0.00101. The van der Waals surface area contributed by atoms with Crippen LogP contribution in [0.1, 0.15) is 42.5 Å². The van der Waals surface area contributed by atoms with Gasteiger partial charge in [-0.3, -0.25) is 4.79 Å². The van der Waals surface area contributed by atoms with Crippen molar-refractivity contribution in [1.82, 2.24) is 15.5 Å². The zero-order valence-corrected chi connectivity index (χ0v) is 15.8. The number of nitrogens with one attached hydrogen (secondary N) is 2. The van der Waals surface area contributed by atoms with Crippen molar-refractivity contribution in [3.05, 3.63) is 34.9 Å². The van der Waals surface area contributed by atoms with Crippen molar-refractivity contribution in [3.63, 3.8) is 0 Å². The molecule has 1 aromatic heterocycles. The topological polar surface area (TPSA) is 66.9 Å². The lowest BCUT2D eigenvalue weighted by atomic mass is 10.0. The Hall–Kier alpha value is -1.60. The van der Waals surface area contributed by atoms with Crippen molar-refractivity contribution in [1.29, 1.82) is 0 Å². The summed E-state index contributed by atoms with van der Waals surface area (Å²) in [6.45, 7) is 6.19. The molecule has 0 bridgehead atoms. The van der Waals surface area contributed by atoms with Gasteiger partial charge in [-0.05, 0) is 50.3 Å². The summed E-state index contributed by atoms with van der Waals surface area (Å²) in [5.41, 5.74) is 3.63. The van der Waals surface area contributed by atoms with E-state index in [0.29, 0.717) is 11.8 Å². The van der Waals surface area contributed by atoms with Gasteiger partial charge in [0.15, 0.2) is 4.34 Å². The summed E-state index contributed by atoms with van der Waals surface area (Å²) in [6.07, 6.45) is 2.42. The molecule has 1 aromatic carbocycles. The van der Waals surface area contributed by atoms with Gasteiger partial charge in [-0.1, -0.05) is 41.3 Å². The molecule has 5 nitrogen and oxygen atoms in total. The number of amides is 1. The minimum Gasteiger partial charge on any atom is -0.357 e. The number of aryl methyl sites for hydroxylation is 2. The van der Waals surface area contributed by atoms with E-state index in [9.17, 15) is 4.79 Å². The lowest BCUT2D eigenvalue weighted by molar-refractivity contribution is -0.119. The third-order valence-corrected chi connectivity index (χ3v) is 6.03. The lowest BCUT2D eigenvalue weighted by Gasteiger charge is -2.15. The highest BCUT2D eigenvalue weighted by molar-refractivity contribution is 8.01. The Morgan fingerprint density at radius 3 is 2.83 bits per heavy atom. The molecule has 24 heavy (non-hydrogen) atoms. The third-order valence-electron chi connectivity index (χ3n) is 4.05. The molecule has 0 saturated heterocycles. The molecule has 2 aromatic rings. The van der Waals surface area contributed by atoms with E-state index in [4.69, 9.17) is 0 Å². The summed E-state index contributed by atoms with van der Waals surface area (Å²) in [6, 6.07) is 6.86. The Labute approximate surface area is 150 Å². The first-order valence-corrected chi connectivity index (χ1v) is 9.91. The highest BCUT2D eigenvalue weighted by Crippen LogP contribution is 2.30. The van der Waals surface area contributed by atoms with Crippen LogP contribution in [0, 0.1) is 13.8 Å². The van der Waals surface area contributed by atoms with Crippen LogP contribution in [0.25, 0.3) is 0 Å². The van der Waals surface area contributed by atoms with E-state index in [-0.39, 0.29) is 11.9 Å². The first kappa shape index (κ1) is 17.2. The molecule has 1 aliphatic rings. The van der Waals surface area contributed by atoms with Crippen molar-refractivity contribution in [2.75, 3.05) is 11.1 Å². The molecule has 7 heteroatoms. The predicted molar refractivity (Wildman–Crippen MR) is 99.8 cm³/mol. The zero-order valence-electron chi connectivity index (χ0n) is 14.1. The summed E-state index contributed by atoms with van der Waals surface area (Å²) < 4.78 is 0.826. The molecule has 0 spiro atoms. The van der Waals surface area contributed by atoms with Crippen LogP contribution in [0.15, 0.2) is 22.5 Å². The molecule has 1 fully saturated rings. The summed E-state index contributed by atoms with van der Waals surface area (Å²) in [7, 11) is 0. The number of benzene rings is 1. The standard InChI is InChI=1S/C17H22N4OS2/c1-10-4-5-13(8-11(10)2)12(3)18-15(22)9-23-17-21-20-16(24-17)19-14-6-7-14/h4-5,8,12,14H,6-7,9H2,1-3H3,(H,18,22)(H,19,20). The summed E-state index contributed by atoms with van der Waals surface area (Å²) in [4.78, 5) is 12.2. The third kappa shape index (κ3) is 4.70. The number of anilines is 1. The van der Waals surface area contributed by atoms with Gasteiger partial charge in [0.05, 0.1) is 11.8 Å². The van der Waals surface area contributed by atoms with Gasteiger partial charge in [0, 0.05) is 6.04 Å². The van der Waals surface area contributed by atoms with Crippen LogP contribution in [-0.4, -0.2) is 27.9 Å². The molecule has 1 amide bonds. The van der Waals surface area contributed by atoms with Crippen molar-refractivity contribution in [2.24, 2.45) is 0 Å². The SMILES string of the molecule is Cc1ccc(C(C)NC(=O)CSc2nnc(NC3CC3)s2)cc1C. The molecular formula is C17H22N4OS2. The number of carbonyl (C=O) groups excluding carboxylic acids is 1. The van der Waals surface area contributed by atoms with E-state index in [2.05, 4.69) is 52.9 Å². The molecule has 1 heterocycles. The maximum Gasteiger partial charge on any atom is 0.230 e. The van der Waals surface area contributed by atoms with Crippen LogP contribution in [0.4, 0.5) is 5.13 Å². The molecule has 1 atom stereocenters. The average Bonchev–Trinajstić information content (AvgIpc) is 3.24. The Morgan fingerprint density at radius 1 is 1.33 bits per heavy atom. The second-order valence-electron chi connectivity index (χ2n) is 6.21. The largest absolute Gasteiger partial charge is 0.357 e. The highest BCUT2D eigenvalue weighted by atomic mass is 32.2. The van der Waals surface area contributed by atoms with Gasteiger partial charge < -0.3 is 10.6 Å².